The molecule has 0 atom stereocenters. The Morgan fingerprint density at radius 1 is 1.28 bits per heavy atom. The largest absolute Gasteiger partial charge is 0.312 e. The predicted octanol–water partition coefficient (Wildman–Crippen LogP) is 1.70. The predicted molar refractivity (Wildman–Crippen MR) is 71.2 cm³/mol. The summed E-state index contributed by atoms with van der Waals surface area (Å²) in [5.41, 5.74) is 0.502. The minimum absolute atomic E-state index is 0.172. The van der Waals surface area contributed by atoms with E-state index in [1.165, 1.54) is 25.7 Å². The Morgan fingerprint density at radius 2 is 1.94 bits per heavy atom. The summed E-state index contributed by atoms with van der Waals surface area (Å²) in [5, 5.41) is 16.1. The molecule has 102 valence electrons. The molecule has 1 fully saturated rings. The van der Waals surface area contributed by atoms with Crippen LogP contribution >= 0.6 is 0 Å². The number of hydrogen-bond donors (Lipinski definition) is 1. The number of rotatable bonds is 4. The lowest BCUT2D eigenvalue weighted by molar-refractivity contribution is 0.240. The molecule has 18 heavy (non-hydrogen) atoms. The highest BCUT2D eigenvalue weighted by molar-refractivity contribution is 4.96. The Labute approximate surface area is 109 Å². The van der Waals surface area contributed by atoms with Crippen LogP contribution in [0.5, 0.6) is 0 Å². The third kappa shape index (κ3) is 3.51. The van der Waals surface area contributed by atoms with E-state index < -0.39 is 0 Å². The van der Waals surface area contributed by atoms with Gasteiger partial charge in [0, 0.05) is 18.5 Å². The summed E-state index contributed by atoms with van der Waals surface area (Å²) in [7, 11) is 1.82. The van der Waals surface area contributed by atoms with Crippen molar-refractivity contribution in [1.29, 1.82) is 0 Å². The van der Waals surface area contributed by atoms with Gasteiger partial charge < -0.3 is 5.32 Å². The molecule has 1 heterocycles. The number of nitrogens with zero attached hydrogens (tertiary/aromatic N) is 4. The van der Waals surface area contributed by atoms with Crippen LogP contribution in [0.1, 0.15) is 52.3 Å². The van der Waals surface area contributed by atoms with Gasteiger partial charge in [-0.05, 0) is 44.2 Å². The fourth-order valence-electron chi connectivity index (χ4n) is 2.72. The summed E-state index contributed by atoms with van der Waals surface area (Å²) in [6.45, 7) is 7.71. The molecule has 0 amide bonds. The molecule has 0 spiro atoms. The lowest BCUT2D eigenvalue weighted by Crippen LogP contribution is -2.44. The molecule has 0 radical (unpaired) electrons. The van der Waals surface area contributed by atoms with Crippen molar-refractivity contribution < 1.29 is 0 Å². The van der Waals surface area contributed by atoms with Gasteiger partial charge in [-0.15, -0.1) is 10.2 Å². The van der Waals surface area contributed by atoms with E-state index >= 15 is 0 Å². The number of hydrogen-bond acceptors (Lipinski definition) is 4. The van der Waals surface area contributed by atoms with Crippen LogP contribution in [0.4, 0.5) is 0 Å². The molecule has 0 saturated heterocycles. The monoisotopic (exact) mass is 251 g/mol. The second kappa shape index (κ2) is 4.96. The van der Waals surface area contributed by atoms with E-state index in [0.29, 0.717) is 5.41 Å². The lowest BCUT2D eigenvalue weighted by atomic mass is 9.81. The highest BCUT2D eigenvalue weighted by atomic mass is 15.6. The number of aryl methyl sites for hydroxylation is 1. The second-order valence-electron chi connectivity index (χ2n) is 6.68. The van der Waals surface area contributed by atoms with Crippen molar-refractivity contribution in [2.45, 2.75) is 58.4 Å². The standard InChI is InChI=1S/C13H25N5/c1-12(2,3)14-10-13(7-5-6-8-13)9-11-15-17-18(4)16-11/h14H,5-10H2,1-4H3. The van der Waals surface area contributed by atoms with Crippen LogP contribution in [0.3, 0.4) is 0 Å². The molecule has 5 nitrogen and oxygen atoms in total. The zero-order chi connectivity index (χ0) is 13.2. The van der Waals surface area contributed by atoms with E-state index in [9.17, 15) is 0 Å². The average Bonchev–Trinajstić information content (AvgIpc) is 2.86. The molecular formula is C13H25N5. The number of tetrazole rings is 1. The van der Waals surface area contributed by atoms with Crippen molar-refractivity contribution in [3.63, 3.8) is 0 Å². The Morgan fingerprint density at radius 3 is 2.44 bits per heavy atom. The van der Waals surface area contributed by atoms with Gasteiger partial charge in [0.05, 0.1) is 7.05 Å². The molecule has 0 aliphatic heterocycles. The zero-order valence-electron chi connectivity index (χ0n) is 12.0. The summed E-state index contributed by atoms with van der Waals surface area (Å²) in [6.07, 6.45) is 6.14. The summed E-state index contributed by atoms with van der Waals surface area (Å²) >= 11 is 0. The third-order valence-corrected chi connectivity index (χ3v) is 3.74. The Kier molecular flexibility index (Phi) is 3.71. The average molecular weight is 251 g/mol. The summed E-state index contributed by atoms with van der Waals surface area (Å²) in [6, 6.07) is 0. The van der Waals surface area contributed by atoms with Crippen LogP contribution in [-0.2, 0) is 13.5 Å². The van der Waals surface area contributed by atoms with Gasteiger partial charge in [-0.25, -0.2) is 0 Å². The quantitative estimate of drug-likeness (QED) is 0.885. The Balaban J connectivity index is 2.02. The van der Waals surface area contributed by atoms with E-state index in [1.807, 2.05) is 7.05 Å². The van der Waals surface area contributed by atoms with Gasteiger partial charge >= 0.3 is 0 Å². The first-order valence-corrected chi connectivity index (χ1v) is 6.87. The van der Waals surface area contributed by atoms with E-state index in [4.69, 9.17) is 0 Å². The molecule has 1 saturated carbocycles. The first-order valence-electron chi connectivity index (χ1n) is 6.87. The van der Waals surface area contributed by atoms with Crippen molar-refractivity contribution in [2.75, 3.05) is 6.54 Å². The molecule has 2 rings (SSSR count). The molecule has 1 aromatic heterocycles. The molecule has 0 unspecified atom stereocenters. The summed E-state index contributed by atoms with van der Waals surface area (Å²) in [5.74, 6) is 0.884. The molecule has 0 bridgehead atoms. The van der Waals surface area contributed by atoms with Crippen LogP contribution in [-0.4, -0.2) is 32.3 Å². The number of nitrogens with one attached hydrogen (secondary N) is 1. The van der Waals surface area contributed by atoms with Crippen molar-refractivity contribution in [2.24, 2.45) is 12.5 Å². The Hall–Kier alpha value is -0.970. The molecule has 1 aromatic rings. The maximum absolute atomic E-state index is 4.33. The maximum atomic E-state index is 4.33. The molecule has 1 aliphatic carbocycles. The van der Waals surface area contributed by atoms with Crippen LogP contribution in [0.2, 0.25) is 0 Å². The molecule has 5 heteroatoms. The second-order valence-corrected chi connectivity index (χ2v) is 6.68. The van der Waals surface area contributed by atoms with Crippen LogP contribution < -0.4 is 5.32 Å². The van der Waals surface area contributed by atoms with Crippen LogP contribution in [0.15, 0.2) is 0 Å². The van der Waals surface area contributed by atoms with Crippen molar-refractivity contribution in [3.8, 4) is 0 Å². The van der Waals surface area contributed by atoms with Gasteiger partial charge in [-0.3, -0.25) is 0 Å². The van der Waals surface area contributed by atoms with Gasteiger partial charge in [0.25, 0.3) is 0 Å². The van der Waals surface area contributed by atoms with Crippen LogP contribution in [0, 0.1) is 5.41 Å². The van der Waals surface area contributed by atoms with Crippen molar-refractivity contribution >= 4 is 0 Å². The highest BCUT2D eigenvalue weighted by Gasteiger charge is 2.36. The molecule has 1 aliphatic rings. The molecular weight excluding hydrogens is 226 g/mol. The van der Waals surface area contributed by atoms with Gasteiger partial charge in [-0.2, -0.15) is 4.80 Å². The summed E-state index contributed by atoms with van der Waals surface area (Å²) < 4.78 is 0. The SMILES string of the molecule is Cn1nnc(CC2(CNC(C)(C)C)CCCC2)n1. The lowest BCUT2D eigenvalue weighted by Gasteiger charge is -2.32. The maximum Gasteiger partial charge on any atom is 0.175 e. The van der Waals surface area contributed by atoms with E-state index in [-0.39, 0.29) is 5.54 Å². The van der Waals surface area contributed by atoms with Crippen molar-refractivity contribution in [3.05, 3.63) is 5.82 Å². The number of aromatic nitrogens is 4. The fourth-order valence-corrected chi connectivity index (χ4v) is 2.72. The minimum Gasteiger partial charge on any atom is -0.312 e. The topological polar surface area (TPSA) is 55.6 Å². The van der Waals surface area contributed by atoms with Crippen LogP contribution in [0.25, 0.3) is 0 Å². The van der Waals surface area contributed by atoms with E-state index in [1.54, 1.807) is 4.80 Å². The molecule has 0 aromatic carbocycles. The smallest absolute Gasteiger partial charge is 0.175 e. The van der Waals surface area contributed by atoms with Gasteiger partial charge in [0.15, 0.2) is 5.82 Å². The highest BCUT2D eigenvalue weighted by Crippen LogP contribution is 2.40. The normalized spacial score (nSPS) is 19.3. The first-order chi connectivity index (χ1) is 8.39. The zero-order valence-corrected chi connectivity index (χ0v) is 12.0. The van der Waals surface area contributed by atoms with Crippen molar-refractivity contribution in [1.82, 2.24) is 25.5 Å². The Bertz CT molecular complexity index is 384. The van der Waals surface area contributed by atoms with E-state index in [0.717, 1.165) is 18.8 Å². The minimum atomic E-state index is 0.172. The molecule has 1 N–H and O–H groups in total. The van der Waals surface area contributed by atoms with Gasteiger partial charge in [0.2, 0.25) is 0 Å². The summed E-state index contributed by atoms with van der Waals surface area (Å²) in [4.78, 5) is 1.55. The van der Waals surface area contributed by atoms with E-state index in [2.05, 4.69) is 41.5 Å². The van der Waals surface area contributed by atoms with Gasteiger partial charge in [0.1, 0.15) is 0 Å². The third-order valence-electron chi connectivity index (χ3n) is 3.74. The fraction of sp³-hybridized carbons (Fsp3) is 0.923. The first kappa shape index (κ1) is 13.5. The van der Waals surface area contributed by atoms with Gasteiger partial charge in [-0.1, -0.05) is 12.8 Å².